The third-order valence-electron chi connectivity index (χ3n) is 3.61. The quantitative estimate of drug-likeness (QED) is 0.456. The van der Waals surface area contributed by atoms with Crippen molar-refractivity contribution in [3.05, 3.63) is 60.2 Å². The Morgan fingerprint density at radius 3 is 2.35 bits per heavy atom. The molecule has 1 amide bonds. The fourth-order valence-corrected chi connectivity index (χ4v) is 3.50. The van der Waals surface area contributed by atoms with Gasteiger partial charge in [-0.15, -0.1) is 0 Å². The smallest absolute Gasteiger partial charge is 0.261 e. The van der Waals surface area contributed by atoms with E-state index in [1.807, 2.05) is 13.0 Å². The Morgan fingerprint density at radius 2 is 1.77 bits per heavy atom. The van der Waals surface area contributed by atoms with Crippen LogP contribution in [0.2, 0.25) is 0 Å². The van der Waals surface area contributed by atoms with Crippen LogP contribution in [-0.2, 0) is 21.2 Å². The van der Waals surface area contributed by atoms with Crippen LogP contribution >= 0.6 is 0 Å². The normalized spacial score (nSPS) is 12.4. The molecule has 140 valence electrons. The maximum absolute atomic E-state index is 12.6. The number of rotatable bonds is 9. The summed E-state index contributed by atoms with van der Waals surface area (Å²) in [7, 11) is -3.95. The van der Waals surface area contributed by atoms with Crippen molar-refractivity contribution in [1.82, 2.24) is 10.2 Å². The highest BCUT2D eigenvalue weighted by Crippen LogP contribution is 2.17. The second-order valence-electron chi connectivity index (χ2n) is 5.66. The van der Waals surface area contributed by atoms with E-state index in [9.17, 15) is 13.2 Å². The van der Waals surface area contributed by atoms with Crippen LogP contribution in [0.25, 0.3) is 0 Å². The fraction of sp³-hybridized carbons (Fsp3) is 0.278. The predicted octanol–water partition coefficient (Wildman–Crippen LogP) is 1.87. The number of sulfonamides is 1. The maximum atomic E-state index is 12.6. The number of ether oxygens (including phenoxy) is 1. The van der Waals surface area contributed by atoms with Crippen LogP contribution in [0, 0.1) is 0 Å². The first-order chi connectivity index (χ1) is 12.5. The Kier molecular flexibility index (Phi) is 7.14. The minimum Gasteiger partial charge on any atom is -0.494 e. The second kappa shape index (κ2) is 9.33. The van der Waals surface area contributed by atoms with Crippen molar-refractivity contribution in [3.8, 4) is 5.75 Å². The van der Waals surface area contributed by atoms with Crippen molar-refractivity contribution in [2.75, 3.05) is 6.61 Å². The number of hydroxylamine groups is 1. The van der Waals surface area contributed by atoms with Gasteiger partial charge in [0.2, 0.25) is 10.0 Å². The van der Waals surface area contributed by atoms with Crippen molar-refractivity contribution < 1.29 is 23.2 Å². The average molecular weight is 378 g/mol. The molecule has 1 unspecified atom stereocenters. The molecule has 0 bridgehead atoms. The van der Waals surface area contributed by atoms with E-state index in [0.717, 1.165) is 12.0 Å². The molecule has 2 aromatic carbocycles. The molecular formula is C18H22N2O5S. The molecule has 0 saturated carbocycles. The molecule has 26 heavy (non-hydrogen) atoms. The molecule has 2 aromatic rings. The molecule has 0 fully saturated rings. The Balaban J connectivity index is 2.16. The summed E-state index contributed by atoms with van der Waals surface area (Å²) >= 11 is 0. The summed E-state index contributed by atoms with van der Waals surface area (Å²) in [5.74, 6) is -0.264. The van der Waals surface area contributed by atoms with E-state index in [1.54, 1.807) is 36.4 Å². The standard InChI is InChI=1S/C18H22N2O5S/c1-2-12-25-15-8-10-16(11-9-15)26(23,24)20-17(18(21)19-22)13-14-6-4-3-5-7-14/h3-11,17,20,22H,2,12-13H2,1H3,(H,19,21). The monoisotopic (exact) mass is 378 g/mol. The summed E-state index contributed by atoms with van der Waals surface area (Å²) in [5.41, 5.74) is 2.26. The third-order valence-corrected chi connectivity index (χ3v) is 5.10. The molecule has 0 spiro atoms. The molecule has 8 heteroatoms. The molecule has 0 saturated heterocycles. The molecule has 0 aliphatic rings. The van der Waals surface area contributed by atoms with Gasteiger partial charge in [-0.25, -0.2) is 13.9 Å². The molecule has 0 radical (unpaired) electrons. The van der Waals surface area contributed by atoms with Crippen LogP contribution in [0.1, 0.15) is 18.9 Å². The number of hydrogen-bond acceptors (Lipinski definition) is 5. The Bertz CT molecular complexity index is 807. The van der Waals surface area contributed by atoms with Crippen molar-refractivity contribution >= 4 is 15.9 Å². The van der Waals surface area contributed by atoms with Crippen LogP contribution in [0.15, 0.2) is 59.5 Å². The fourth-order valence-electron chi connectivity index (χ4n) is 2.31. The van der Waals surface area contributed by atoms with Gasteiger partial charge in [0.1, 0.15) is 11.8 Å². The number of hydrogen-bond donors (Lipinski definition) is 3. The van der Waals surface area contributed by atoms with Gasteiger partial charge in [0.05, 0.1) is 11.5 Å². The van der Waals surface area contributed by atoms with E-state index in [1.165, 1.54) is 17.6 Å². The first-order valence-corrected chi connectivity index (χ1v) is 9.67. The summed E-state index contributed by atoms with van der Waals surface area (Å²) in [6.07, 6.45) is 0.948. The lowest BCUT2D eigenvalue weighted by Crippen LogP contribution is -2.47. The molecule has 0 aliphatic carbocycles. The van der Waals surface area contributed by atoms with Crippen LogP contribution in [0.5, 0.6) is 5.75 Å². The van der Waals surface area contributed by atoms with Gasteiger partial charge < -0.3 is 4.74 Å². The van der Waals surface area contributed by atoms with Gasteiger partial charge in [-0.1, -0.05) is 37.3 Å². The number of carbonyl (C=O) groups is 1. The summed E-state index contributed by atoms with van der Waals surface area (Å²) in [5, 5.41) is 8.92. The summed E-state index contributed by atoms with van der Waals surface area (Å²) < 4.78 is 32.9. The van der Waals surface area contributed by atoms with Crippen molar-refractivity contribution in [2.24, 2.45) is 0 Å². The maximum Gasteiger partial charge on any atom is 0.261 e. The van der Waals surface area contributed by atoms with E-state index in [4.69, 9.17) is 9.94 Å². The van der Waals surface area contributed by atoms with E-state index >= 15 is 0 Å². The molecule has 0 heterocycles. The topological polar surface area (TPSA) is 105 Å². The highest BCUT2D eigenvalue weighted by molar-refractivity contribution is 7.89. The average Bonchev–Trinajstić information content (AvgIpc) is 2.66. The van der Waals surface area contributed by atoms with E-state index in [0.29, 0.717) is 12.4 Å². The van der Waals surface area contributed by atoms with Gasteiger partial charge in [-0.2, -0.15) is 4.72 Å². The number of amides is 1. The van der Waals surface area contributed by atoms with Crippen molar-refractivity contribution in [1.29, 1.82) is 0 Å². The lowest BCUT2D eigenvalue weighted by Gasteiger charge is -2.17. The number of carbonyl (C=O) groups excluding carboxylic acids is 1. The second-order valence-corrected chi connectivity index (χ2v) is 7.37. The van der Waals surface area contributed by atoms with Crippen molar-refractivity contribution in [3.63, 3.8) is 0 Å². The van der Waals surface area contributed by atoms with Crippen LogP contribution in [0.4, 0.5) is 0 Å². The number of benzene rings is 2. The van der Waals surface area contributed by atoms with Crippen molar-refractivity contribution in [2.45, 2.75) is 30.7 Å². The minimum absolute atomic E-state index is 0.00477. The van der Waals surface area contributed by atoms with Gasteiger partial charge in [-0.3, -0.25) is 10.0 Å². The molecule has 0 aromatic heterocycles. The molecule has 3 N–H and O–H groups in total. The first kappa shape index (κ1) is 19.9. The highest BCUT2D eigenvalue weighted by Gasteiger charge is 2.26. The van der Waals surface area contributed by atoms with Gasteiger partial charge in [-0.05, 0) is 42.7 Å². The molecule has 2 rings (SSSR count). The molecule has 7 nitrogen and oxygen atoms in total. The zero-order valence-electron chi connectivity index (χ0n) is 14.4. The first-order valence-electron chi connectivity index (χ1n) is 8.19. The lowest BCUT2D eigenvalue weighted by molar-refractivity contribution is -0.130. The SMILES string of the molecule is CCCOc1ccc(S(=O)(=O)NC(Cc2ccccc2)C(=O)NO)cc1. The summed E-state index contributed by atoms with van der Waals surface area (Å²) in [6.45, 7) is 2.52. The van der Waals surface area contributed by atoms with Gasteiger partial charge in [0.25, 0.3) is 5.91 Å². The Hall–Kier alpha value is -2.42. The lowest BCUT2D eigenvalue weighted by atomic mass is 10.1. The van der Waals surface area contributed by atoms with Crippen LogP contribution in [0.3, 0.4) is 0 Å². The van der Waals surface area contributed by atoms with Crippen LogP contribution < -0.4 is 14.9 Å². The molecule has 0 aliphatic heterocycles. The van der Waals surface area contributed by atoms with Gasteiger partial charge in [0, 0.05) is 0 Å². The zero-order chi connectivity index (χ0) is 19.0. The number of nitrogens with one attached hydrogen (secondary N) is 2. The molecular weight excluding hydrogens is 356 g/mol. The van der Waals surface area contributed by atoms with Gasteiger partial charge >= 0.3 is 0 Å². The van der Waals surface area contributed by atoms with E-state index in [2.05, 4.69) is 4.72 Å². The van der Waals surface area contributed by atoms with E-state index in [-0.39, 0.29) is 11.3 Å². The molecule has 1 atom stereocenters. The minimum atomic E-state index is -3.95. The largest absolute Gasteiger partial charge is 0.494 e. The highest BCUT2D eigenvalue weighted by atomic mass is 32.2. The third kappa shape index (κ3) is 5.55. The van der Waals surface area contributed by atoms with E-state index < -0.39 is 22.0 Å². The predicted molar refractivity (Wildman–Crippen MR) is 96.4 cm³/mol. The summed E-state index contributed by atoms with van der Waals surface area (Å²) in [4.78, 5) is 11.9. The van der Waals surface area contributed by atoms with Crippen LogP contribution in [-0.4, -0.2) is 32.2 Å². The Labute approximate surface area is 153 Å². The Morgan fingerprint density at radius 1 is 1.12 bits per heavy atom. The summed E-state index contributed by atoms with van der Waals surface area (Å²) in [6, 6.07) is 13.7. The zero-order valence-corrected chi connectivity index (χ0v) is 15.2. The van der Waals surface area contributed by atoms with Gasteiger partial charge in [0.15, 0.2) is 0 Å².